The van der Waals surface area contributed by atoms with Gasteiger partial charge in [0.15, 0.2) is 0 Å². The molecule has 2 heterocycles. The summed E-state index contributed by atoms with van der Waals surface area (Å²) in [6.45, 7) is 6.82. The topological polar surface area (TPSA) is 66.0 Å². The van der Waals surface area contributed by atoms with E-state index >= 15 is 0 Å². The minimum atomic E-state index is 0.0278. The molecule has 0 atom stereocenters. The Kier molecular flexibility index (Phi) is 3.84. The van der Waals surface area contributed by atoms with Crippen LogP contribution in [0.2, 0.25) is 0 Å². The summed E-state index contributed by atoms with van der Waals surface area (Å²) in [6.07, 6.45) is 4.34. The molecule has 2 rings (SSSR count). The minimum Gasteiger partial charge on any atom is -0.382 e. The van der Waals surface area contributed by atoms with E-state index in [1.165, 1.54) is 12.8 Å². The van der Waals surface area contributed by atoms with Crippen molar-refractivity contribution in [2.45, 2.75) is 26.7 Å². The summed E-state index contributed by atoms with van der Waals surface area (Å²) in [5.74, 6) is 1.66. The number of nitrogens with one attached hydrogen (secondary N) is 1. The Morgan fingerprint density at radius 1 is 1.39 bits per heavy atom. The van der Waals surface area contributed by atoms with Crippen molar-refractivity contribution >= 4 is 11.5 Å². The van der Waals surface area contributed by atoms with Gasteiger partial charge in [0.1, 0.15) is 11.5 Å². The summed E-state index contributed by atoms with van der Waals surface area (Å²) in [5, 5.41) is 7.33. The fourth-order valence-corrected chi connectivity index (χ4v) is 2.56. The molecule has 1 aliphatic rings. The summed E-state index contributed by atoms with van der Waals surface area (Å²) in [5.41, 5.74) is 7.09. The second kappa shape index (κ2) is 5.38. The van der Waals surface area contributed by atoms with Gasteiger partial charge in [0.05, 0.1) is 11.9 Å². The van der Waals surface area contributed by atoms with Gasteiger partial charge in [-0.25, -0.2) is 0 Å². The lowest BCUT2D eigenvalue weighted by Crippen LogP contribution is -2.35. The molecule has 1 aromatic rings. The van der Waals surface area contributed by atoms with E-state index in [-0.39, 0.29) is 5.84 Å². The molecule has 1 aromatic heterocycles. The fourth-order valence-electron chi connectivity index (χ4n) is 2.56. The highest BCUT2D eigenvalue weighted by Gasteiger charge is 2.21. The summed E-state index contributed by atoms with van der Waals surface area (Å²) < 4.78 is 0. The molecule has 3 N–H and O–H groups in total. The molecule has 0 bridgehead atoms. The Morgan fingerprint density at radius 3 is 2.50 bits per heavy atom. The van der Waals surface area contributed by atoms with Gasteiger partial charge in [0.25, 0.3) is 0 Å². The number of piperidine rings is 1. The second-order valence-corrected chi connectivity index (χ2v) is 5.38. The smallest absolute Gasteiger partial charge is 0.141 e. The first-order valence-corrected chi connectivity index (χ1v) is 6.63. The maximum absolute atomic E-state index is 7.33. The van der Waals surface area contributed by atoms with E-state index in [9.17, 15) is 0 Å². The lowest BCUT2D eigenvalue weighted by Gasteiger charge is -2.35. The van der Waals surface area contributed by atoms with Crippen molar-refractivity contribution in [3.63, 3.8) is 0 Å². The third-order valence-electron chi connectivity index (χ3n) is 3.87. The van der Waals surface area contributed by atoms with Gasteiger partial charge in [-0.05, 0) is 36.8 Å². The quantitative estimate of drug-likeness (QED) is 0.635. The van der Waals surface area contributed by atoms with Crippen molar-refractivity contribution < 1.29 is 0 Å². The summed E-state index contributed by atoms with van der Waals surface area (Å²) >= 11 is 0. The largest absolute Gasteiger partial charge is 0.382 e. The molecule has 0 spiro atoms. The number of pyridine rings is 1. The highest BCUT2D eigenvalue weighted by Crippen LogP contribution is 2.27. The van der Waals surface area contributed by atoms with Crippen LogP contribution in [0.1, 0.15) is 32.4 Å². The molecule has 0 amide bonds. The third-order valence-corrected chi connectivity index (χ3v) is 3.87. The molecule has 0 saturated carbocycles. The van der Waals surface area contributed by atoms with Crippen LogP contribution in [-0.4, -0.2) is 23.9 Å². The van der Waals surface area contributed by atoms with E-state index < -0.39 is 0 Å². The van der Waals surface area contributed by atoms with E-state index in [0.717, 1.165) is 30.6 Å². The Labute approximate surface area is 109 Å². The molecule has 0 radical (unpaired) electrons. The van der Waals surface area contributed by atoms with Crippen LogP contribution in [0.15, 0.2) is 18.3 Å². The van der Waals surface area contributed by atoms with Gasteiger partial charge in [-0.3, -0.25) is 10.4 Å². The van der Waals surface area contributed by atoms with Crippen molar-refractivity contribution in [1.29, 1.82) is 5.41 Å². The first kappa shape index (κ1) is 12.9. The van der Waals surface area contributed by atoms with Gasteiger partial charge in [-0.1, -0.05) is 13.8 Å². The SMILES string of the molecule is CC(C)C1CCN(c2ccc(C(=N)N)nc2)CC1. The molecule has 0 unspecified atom stereocenters. The van der Waals surface area contributed by atoms with Gasteiger partial charge < -0.3 is 10.6 Å². The van der Waals surface area contributed by atoms with Gasteiger partial charge in [-0.2, -0.15) is 0 Å². The van der Waals surface area contributed by atoms with Crippen molar-refractivity contribution in [1.82, 2.24) is 4.98 Å². The van der Waals surface area contributed by atoms with Crippen LogP contribution in [-0.2, 0) is 0 Å². The van der Waals surface area contributed by atoms with Crippen molar-refractivity contribution in [2.24, 2.45) is 17.6 Å². The maximum Gasteiger partial charge on any atom is 0.141 e. The molecular formula is C14H22N4. The third kappa shape index (κ3) is 2.81. The molecule has 4 heteroatoms. The van der Waals surface area contributed by atoms with Crippen LogP contribution in [0.25, 0.3) is 0 Å². The number of hydrogen-bond acceptors (Lipinski definition) is 3. The van der Waals surface area contributed by atoms with Gasteiger partial charge in [-0.15, -0.1) is 0 Å². The molecular weight excluding hydrogens is 224 g/mol. The van der Waals surface area contributed by atoms with E-state index in [1.807, 2.05) is 18.3 Å². The average molecular weight is 246 g/mol. The number of nitrogen functional groups attached to an aromatic ring is 1. The van der Waals surface area contributed by atoms with E-state index in [0.29, 0.717) is 5.69 Å². The van der Waals surface area contributed by atoms with Crippen molar-refractivity contribution in [3.05, 3.63) is 24.0 Å². The normalized spacial score (nSPS) is 17.2. The Hall–Kier alpha value is -1.58. The number of hydrogen-bond donors (Lipinski definition) is 2. The monoisotopic (exact) mass is 246 g/mol. The molecule has 0 aromatic carbocycles. The summed E-state index contributed by atoms with van der Waals surface area (Å²) in [6, 6.07) is 3.84. The van der Waals surface area contributed by atoms with Gasteiger partial charge >= 0.3 is 0 Å². The van der Waals surface area contributed by atoms with Crippen LogP contribution < -0.4 is 10.6 Å². The number of rotatable bonds is 3. The molecule has 4 nitrogen and oxygen atoms in total. The van der Waals surface area contributed by atoms with Crippen molar-refractivity contribution in [3.8, 4) is 0 Å². The highest BCUT2D eigenvalue weighted by molar-refractivity contribution is 5.93. The van der Waals surface area contributed by atoms with Crippen LogP contribution >= 0.6 is 0 Å². The van der Waals surface area contributed by atoms with Crippen LogP contribution in [0.4, 0.5) is 5.69 Å². The van der Waals surface area contributed by atoms with E-state index in [2.05, 4.69) is 23.7 Å². The molecule has 1 aliphatic heterocycles. The molecule has 1 fully saturated rings. The Balaban J connectivity index is 1.99. The fraction of sp³-hybridized carbons (Fsp3) is 0.571. The minimum absolute atomic E-state index is 0.0278. The standard InChI is InChI=1S/C14H22N4/c1-10(2)11-5-7-18(8-6-11)12-3-4-13(14(15)16)17-9-12/h3-4,9-11H,5-8H2,1-2H3,(H3,15,16). The predicted molar refractivity (Wildman–Crippen MR) is 75.0 cm³/mol. The van der Waals surface area contributed by atoms with E-state index in [4.69, 9.17) is 11.1 Å². The first-order chi connectivity index (χ1) is 8.58. The molecule has 1 saturated heterocycles. The summed E-state index contributed by atoms with van der Waals surface area (Å²) in [4.78, 5) is 6.59. The molecule has 18 heavy (non-hydrogen) atoms. The number of aromatic nitrogens is 1. The molecule has 0 aliphatic carbocycles. The highest BCUT2D eigenvalue weighted by atomic mass is 15.1. The number of nitrogens with zero attached hydrogens (tertiary/aromatic N) is 2. The van der Waals surface area contributed by atoms with E-state index in [1.54, 1.807) is 0 Å². The second-order valence-electron chi connectivity index (χ2n) is 5.38. The summed E-state index contributed by atoms with van der Waals surface area (Å²) in [7, 11) is 0. The van der Waals surface area contributed by atoms with Crippen molar-refractivity contribution in [2.75, 3.05) is 18.0 Å². The van der Waals surface area contributed by atoms with Gasteiger partial charge in [0.2, 0.25) is 0 Å². The van der Waals surface area contributed by atoms with Gasteiger partial charge in [0, 0.05) is 13.1 Å². The lowest BCUT2D eigenvalue weighted by molar-refractivity contribution is 0.311. The average Bonchev–Trinajstić information content (AvgIpc) is 2.39. The van der Waals surface area contributed by atoms with Crippen LogP contribution in [0.5, 0.6) is 0 Å². The molecule has 98 valence electrons. The Morgan fingerprint density at radius 2 is 2.06 bits per heavy atom. The maximum atomic E-state index is 7.33. The number of nitrogens with two attached hydrogens (primary N) is 1. The zero-order chi connectivity index (χ0) is 13.1. The number of amidine groups is 1. The first-order valence-electron chi connectivity index (χ1n) is 6.63. The zero-order valence-electron chi connectivity index (χ0n) is 11.2. The van der Waals surface area contributed by atoms with Crippen LogP contribution in [0, 0.1) is 17.2 Å². The lowest BCUT2D eigenvalue weighted by atomic mass is 9.86. The predicted octanol–water partition coefficient (Wildman–Crippen LogP) is 2.24. The zero-order valence-corrected chi connectivity index (χ0v) is 11.2. The van der Waals surface area contributed by atoms with Crippen LogP contribution in [0.3, 0.4) is 0 Å². The Bertz CT molecular complexity index is 402. The number of anilines is 1.